The van der Waals surface area contributed by atoms with Crippen molar-refractivity contribution in [3.63, 3.8) is 0 Å². The average Bonchev–Trinajstić information content (AvgIpc) is 2.67. The number of nitriles is 1. The van der Waals surface area contributed by atoms with Gasteiger partial charge in [0.05, 0.1) is 0 Å². The molecule has 1 aliphatic heterocycles. The molecule has 0 saturated heterocycles. The van der Waals surface area contributed by atoms with E-state index in [9.17, 15) is 0 Å². The Labute approximate surface area is 76.3 Å². The maximum atomic E-state index is 8.76. The third-order valence-corrected chi connectivity index (χ3v) is 2.12. The molecule has 4 nitrogen and oxygen atoms in total. The maximum absolute atomic E-state index is 8.76. The summed E-state index contributed by atoms with van der Waals surface area (Å²) in [5, 5.41) is 18.6. The molecule has 0 radical (unpaired) electrons. The van der Waals surface area contributed by atoms with Crippen LogP contribution in [0.5, 0.6) is 0 Å². The molecule has 0 bridgehead atoms. The van der Waals surface area contributed by atoms with Crippen LogP contribution in [0.25, 0.3) is 5.57 Å². The van der Waals surface area contributed by atoms with Crippen molar-refractivity contribution in [3.05, 3.63) is 23.5 Å². The monoisotopic (exact) mass is 174 g/mol. The molecular weight excluding hydrogens is 164 g/mol. The lowest BCUT2D eigenvalue weighted by Crippen LogP contribution is -2.21. The molecule has 0 aromatic carbocycles. The third-order valence-electron chi connectivity index (χ3n) is 2.12. The maximum Gasteiger partial charge on any atom is 0.169 e. The summed E-state index contributed by atoms with van der Waals surface area (Å²) in [6.07, 6.45) is 4.95. The largest absolute Gasteiger partial charge is 0.312 e. The topological polar surface area (TPSA) is 64.5 Å². The first-order valence-electron chi connectivity index (χ1n) is 4.26. The molecule has 0 amide bonds. The number of aromatic amines is 1. The molecular formula is C9H10N4. The Morgan fingerprint density at radius 3 is 3.15 bits per heavy atom. The summed E-state index contributed by atoms with van der Waals surface area (Å²) in [6, 6.07) is 2.06. The Morgan fingerprint density at radius 1 is 1.54 bits per heavy atom. The Balaban J connectivity index is 2.34. The van der Waals surface area contributed by atoms with Crippen molar-refractivity contribution >= 4 is 5.57 Å². The van der Waals surface area contributed by atoms with Gasteiger partial charge in [-0.2, -0.15) is 10.4 Å². The minimum absolute atomic E-state index is 0.481. The van der Waals surface area contributed by atoms with Gasteiger partial charge in [0.25, 0.3) is 0 Å². The SMILES string of the molecule is N#Cc1n[nH]cc1C1=CCCNC1. The molecule has 0 unspecified atom stereocenters. The van der Waals surface area contributed by atoms with Gasteiger partial charge < -0.3 is 5.32 Å². The van der Waals surface area contributed by atoms with E-state index in [2.05, 4.69) is 27.7 Å². The minimum atomic E-state index is 0.481. The molecule has 2 N–H and O–H groups in total. The summed E-state index contributed by atoms with van der Waals surface area (Å²) in [5.41, 5.74) is 2.57. The van der Waals surface area contributed by atoms with Crippen LogP contribution in [0, 0.1) is 11.3 Å². The normalized spacial score (nSPS) is 16.4. The highest BCUT2D eigenvalue weighted by Gasteiger charge is 2.11. The van der Waals surface area contributed by atoms with Gasteiger partial charge in [-0.1, -0.05) is 6.08 Å². The first-order chi connectivity index (χ1) is 6.42. The molecule has 0 atom stereocenters. The molecule has 4 heteroatoms. The third kappa shape index (κ3) is 1.46. The van der Waals surface area contributed by atoms with Gasteiger partial charge in [0.15, 0.2) is 5.69 Å². The van der Waals surface area contributed by atoms with E-state index >= 15 is 0 Å². The van der Waals surface area contributed by atoms with Gasteiger partial charge in [-0.05, 0) is 18.5 Å². The second-order valence-corrected chi connectivity index (χ2v) is 2.95. The minimum Gasteiger partial charge on any atom is -0.312 e. The van der Waals surface area contributed by atoms with Gasteiger partial charge >= 0.3 is 0 Å². The van der Waals surface area contributed by atoms with Gasteiger partial charge in [0.1, 0.15) is 6.07 Å². The number of hydrogen-bond acceptors (Lipinski definition) is 3. The van der Waals surface area contributed by atoms with Crippen LogP contribution in [0.15, 0.2) is 12.3 Å². The molecule has 1 aliphatic rings. The Morgan fingerprint density at radius 2 is 2.46 bits per heavy atom. The molecule has 0 aliphatic carbocycles. The molecule has 1 aromatic rings. The zero-order valence-electron chi connectivity index (χ0n) is 7.17. The van der Waals surface area contributed by atoms with E-state index in [1.807, 2.05) is 0 Å². The lowest BCUT2D eigenvalue weighted by Gasteiger charge is -2.12. The fourth-order valence-electron chi connectivity index (χ4n) is 1.47. The second kappa shape index (κ2) is 3.42. The smallest absolute Gasteiger partial charge is 0.169 e. The van der Waals surface area contributed by atoms with Gasteiger partial charge in [-0.3, -0.25) is 5.10 Å². The fourth-order valence-corrected chi connectivity index (χ4v) is 1.47. The van der Waals surface area contributed by atoms with Crippen LogP contribution in [0.2, 0.25) is 0 Å². The number of hydrogen-bond donors (Lipinski definition) is 2. The van der Waals surface area contributed by atoms with E-state index in [-0.39, 0.29) is 0 Å². The molecule has 0 fully saturated rings. The fraction of sp³-hybridized carbons (Fsp3) is 0.333. The van der Waals surface area contributed by atoms with Crippen LogP contribution >= 0.6 is 0 Å². The summed E-state index contributed by atoms with van der Waals surface area (Å²) in [5.74, 6) is 0. The van der Waals surface area contributed by atoms with Gasteiger partial charge in [-0.25, -0.2) is 0 Å². The highest BCUT2D eigenvalue weighted by molar-refractivity contribution is 5.70. The van der Waals surface area contributed by atoms with Crippen LogP contribution < -0.4 is 5.32 Å². The van der Waals surface area contributed by atoms with Gasteiger partial charge in [0, 0.05) is 18.3 Å². The van der Waals surface area contributed by atoms with Crippen molar-refractivity contribution in [3.8, 4) is 6.07 Å². The van der Waals surface area contributed by atoms with Crippen LogP contribution in [-0.4, -0.2) is 23.3 Å². The zero-order valence-corrected chi connectivity index (χ0v) is 7.17. The summed E-state index contributed by atoms with van der Waals surface area (Å²) in [4.78, 5) is 0. The Bertz CT molecular complexity index is 369. The molecule has 0 saturated carbocycles. The summed E-state index contributed by atoms with van der Waals surface area (Å²) < 4.78 is 0. The highest BCUT2D eigenvalue weighted by Crippen LogP contribution is 2.18. The molecule has 0 spiro atoms. The van der Waals surface area contributed by atoms with Gasteiger partial charge in [0.2, 0.25) is 0 Å². The van der Waals surface area contributed by atoms with Crippen molar-refractivity contribution in [2.45, 2.75) is 6.42 Å². The van der Waals surface area contributed by atoms with Crippen molar-refractivity contribution in [2.24, 2.45) is 0 Å². The van der Waals surface area contributed by atoms with Crippen molar-refractivity contribution in [1.82, 2.24) is 15.5 Å². The van der Waals surface area contributed by atoms with Gasteiger partial charge in [-0.15, -0.1) is 0 Å². The molecule has 2 heterocycles. The van der Waals surface area contributed by atoms with E-state index < -0.39 is 0 Å². The van der Waals surface area contributed by atoms with E-state index in [1.165, 1.54) is 0 Å². The van der Waals surface area contributed by atoms with Crippen molar-refractivity contribution < 1.29 is 0 Å². The molecule has 2 rings (SSSR count). The summed E-state index contributed by atoms with van der Waals surface area (Å²) in [7, 11) is 0. The number of nitrogens with one attached hydrogen (secondary N) is 2. The first-order valence-corrected chi connectivity index (χ1v) is 4.26. The molecule has 13 heavy (non-hydrogen) atoms. The average molecular weight is 174 g/mol. The van der Waals surface area contributed by atoms with E-state index in [0.29, 0.717) is 5.69 Å². The Kier molecular flexibility index (Phi) is 2.11. The van der Waals surface area contributed by atoms with Crippen molar-refractivity contribution in [1.29, 1.82) is 5.26 Å². The van der Waals surface area contributed by atoms with Crippen LogP contribution in [0.1, 0.15) is 17.7 Å². The van der Waals surface area contributed by atoms with Crippen LogP contribution in [0.4, 0.5) is 0 Å². The number of H-pyrrole nitrogens is 1. The predicted octanol–water partition coefficient (Wildman–Crippen LogP) is 0.658. The first kappa shape index (κ1) is 8.02. The predicted molar refractivity (Wildman–Crippen MR) is 48.8 cm³/mol. The van der Waals surface area contributed by atoms with E-state index in [0.717, 1.165) is 30.6 Å². The lowest BCUT2D eigenvalue weighted by molar-refractivity contribution is 0.739. The molecule has 66 valence electrons. The number of rotatable bonds is 1. The standard InChI is InChI=1S/C9H10N4/c10-4-9-8(6-12-13-9)7-2-1-3-11-5-7/h2,6,11H,1,3,5H2,(H,12,13). The van der Waals surface area contributed by atoms with Crippen LogP contribution in [-0.2, 0) is 0 Å². The highest BCUT2D eigenvalue weighted by atomic mass is 15.1. The van der Waals surface area contributed by atoms with Crippen molar-refractivity contribution in [2.75, 3.05) is 13.1 Å². The summed E-state index contributed by atoms with van der Waals surface area (Å²) >= 11 is 0. The quantitative estimate of drug-likeness (QED) is 0.657. The second-order valence-electron chi connectivity index (χ2n) is 2.95. The molecule has 1 aromatic heterocycles. The zero-order chi connectivity index (χ0) is 9.10. The lowest BCUT2D eigenvalue weighted by atomic mass is 10.0. The van der Waals surface area contributed by atoms with E-state index in [4.69, 9.17) is 5.26 Å². The number of nitrogens with zero attached hydrogens (tertiary/aromatic N) is 2. The summed E-state index contributed by atoms with van der Waals surface area (Å²) in [6.45, 7) is 1.84. The Hall–Kier alpha value is -1.60. The van der Waals surface area contributed by atoms with E-state index in [1.54, 1.807) is 6.20 Å². The number of aromatic nitrogens is 2. The van der Waals surface area contributed by atoms with Crippen LogP contribution in [0.3, 0.4) is 0 Å².